The Bertz CT molecular complexity index is 668. The van der Waals surface area contributed by atoms with Gasteiger partial charge in [-0.1, -0.05) is 79.9 Å². The number of nitrogens with zero attached hydrogens (tertiary/aromatic N) is 2. The number of rotatable bonds is 6. The van der Waals surface area contributed by atoms with Gasteiger partial charge < -0.3 is 0 Å². The molecular formula is C25H34N2. The van der Waals surface area contributed by atoms with E-state index in [1.807, 2.05) is 0 Å². The molecule has 1 aliphatic carbocycles. The zero-order valence-electron chi connectivity index (χ0n) is 16.7. The van der Waals surface area contributed by atoms with Crippen molar-refractivity contribution < 1.29 is 0 Å². The molecule has 144 valence electrons. The molecule has 2 aromatic rings. The largest absolute Gasteiger partial charge is 0.297 e. The quantitative estimate of drug-likeness (QED) is 0.702. The summed E-state index contributed by atoms with van der Waals surface area (Å²) in [6.45, 7) is 6.00. The second kappa shape index (κ2) is 9.03. The fourth-order valence-electron chi connectivity index (χ4n) is 5.18. The predicted molar refractivity (Wildman–Crippen MR) is 114 cm³/mol. The van der Waals surface area contributed by atoms with Crippen LogP contribution in [-0.2, 0) is 13.0 Å². The zero-order chi connectivity index (χ0) is 18.4. The van der Waals surface area contributed by atoms with Crippen LogP contribution in [0.3, 0.4) is 0 Å². The Kier molecular flexibility index (Phi) is 6.26. The summed E-state index contributed by atoms with van der Waals surface area (Å²) in [6.07, 6.45) is 9.62. The van der Waals surface area contributed by atoms with Gasteiger partial charge in [-0.2, -0.15) is 0 Å². The van der Waals surface area contributed by atoms with E-state index in [1.165, 1.54) is 82.3 Å². The number of hydrogen-bond acceptors (Lipinski definition) is 2. The standard InChI is InChI=1S/C25H34N2/c1-4-10-23(11-5-1)14-17-25(15-8-3-9-16-25)27-20-18-26(19-21-27)22-24-12-6-2-7-13-24/h1-2,4-7,10-13H,3,8-9,14-22H2. The predicted octanol–water partition coefficient (Wildman–Crippen LogP) is 5.14. The Hall–Kier alpha value is -1.64. The van der Waals surface area contributed by atoms with Crippen LogP contribution < -0.4 is 0 Å². The summed E-state index contributed by atoms with van der Waals surface area (Å²) in [5.41, 5.74) is 3.40. The van der Waals surface area contributed by atoms with Gasteiger partial charge in [0.25, 0.3) is 0 Å². The van der Waals surface area contributed by atoms with E-state index >= 15 is 0 Å². The molecule has 0 bridgehead atoms. The van der Waals surface area contributed by atoms with E-state index in [0.29, 0.717) is 5.54 Å². The van der Waals surface area contributed by atoms with Crippen molar-refractivity contribution in [3.05, 3.63) is 71.8 Å². The number of aryl methyl sites for hydroxylation is 1. The maximum absolute atomic E-state index is 2.87. The molecule has 2 nitrogen and oxygen atoms in total. The van der Waals surface area contributed by atoms with Crippen LogP contribution in [0.1, 0.15) is 49.7 Å². The van der Waals surface area contributed by atoms with Crippen molar-refractivity contribution in [3.8, 4) is 0 Å². The van der Waals surface area contributed by atoms with E-state index in [9.17, 15) is 0 Å². The van der Waals surface area contributed by atoms with Gasteiger partial charge in [0.05, 0.1) is 0 Å². The van der Waals surface area contributed by atoms with Crippen LogP contribution in [0.4, 0.5) is 0 Å². The molecular weight excluding hydrogens is 328 g/mol. The SMILES string of the molecule is c1ccc(CCC2(N3CCN(Cc4ccccc4)CC3)CCCCC2)cc1. The summed E-state index contributed by atoms with van der Waals surface area (Å²) in [4.78, 5) is 5.51. The number of piperazine rings is 1. The fourth-order valence-corrected chi connectivity index (χ4v) is 5.18. The monoisotopic (exact) mass is 362 g/mol. The van der Waals surface area contributed by atoms with Crippen molar-refractivity contribution in [3.63, 3.8) is 0 Å². The van der Waals surface area contributed by atoms with E-state index < -0.39 is 0 Å². The number of hydrogen-bond donors (Lipinski definition) is 0. The first-order valence-corrected chi connectivity index (χ1v) is 10.9. The zero-order valence-corrected chi connectivity index (χ0v) is 16.7. The molecule has 0 spiro atoms. The van der Waals surface area contributed by atoms with Crippen LogP contribution >= 0.6 is 0 Å². The minimum Gasteiger partial charge on any atom is -0.297 e. The molecule has 0 N–H and O–H groups in total. The Labute approximate surface area is 165 Å². The Balaban J connectivity index is 1.36. The lowest BCUT2D eigenvalue weighted by molar-refractivity contribution is 0.000222. The highest BCUT2D eigenvalue weighted by Crippen LogP contribution is 2.38. The molecule has 2 heteroatoms. The van der Waals surface area contributed by atoms with Crippen molar-refractivity contribution in [1.82, 2.24) is 9.80 Å². The molecule has 4 rings (SSSR count). The van der Waals surface area contributed by atoms with Gasteiger partial charge in [0.2, 0.25) is 0 Å². The molecule has 2 aromatic carbocycles. The lowest BCUT2D eigenvalue weighted by Gasteiger charge is -2.50. The fraction of sp³-hybridized carbons (Fsp3) is 0.520. The molecule has 0 unspecified atom stereocenters. The molecule has 1 saturated carbocycles. The molecule has 0 radical (unpaired) electrons. The topological polar surface area (TPSA) is 6.48 Å². The molecule has 0 amide bonds. The van der Waals surface area contributed by atoms with Crippen molar-refractivity contribution in [2.24, 2.45) is 0 Å². The van der Waals surface area contributed by atoms with Gasteiger partial charge in [0, 0.05) is 38.3 Å². The van der Waals surface area contributed by atoms with Crippen LogP contribution in [-0.4, -0.2) is 41.5 Å². The Morgan fingerprint density at radius 3 is 1.89 bits per heavy atom. The molecule has 2 fully saturated rings. The Morgan fingerprint density at radius 1 is 0.667 bits per heavy atom. The first kappa shape index (κ1) is 18.7. The van der Waals surface area contributed by atoms with Crippen molar-refractivity contribution >= 4 is 0 Å². The third kappa shape index (κ3) is 4.80. The maximum atomic E-state index is 2.87. The molecule has 0 atom stereocenters. The average Bonchev–Trinajstić information content (AvgIpc) is 2.75. The minimum absolute atomic E-state index is 0.451. The highest BCUT2D eigenvalue weighted by molar-refractivity contribution is 5.16. The molecule has 2 aliphatic rings. The van der Waals surface area contributed by atoms with E-state index in [4.69, 9.17) is 0 Å². The van der Waals surface area contributed by atoms with Crippen LogP contribution in [0.5, 0.6) is 0 Å². The first-order valence-electron chi connectivity index (χ1n) is 10.9. The van der Waals surface area contributed by atoms with Crippen LogP contribution in [0, 0.1) is 0 Å². The second-order valence-corrected chi connectivity index (χ2v) is 8.52. The summed E-state index contributed by atoms with van der Waals surface area (Å²) < 4.78 is 0. The summed E-state index contributed by atoms with van der Waals surface area (Å²) >= 11 is 0. The van der Waals surface area contributed by atoms with E-state index in [1.54, 1.807) is 0 Å². The second-order valence-electron chi connectivity index (χ2n) is 8.52. The third-order valence-electron chi connectivity index (χ3n) is 6.80. The highest BCUT2D eigenvalue weighted by Gasteiger charge is 2.38. The molecule has 27 heavy (non-hydrogen) atoms. The lowest BCUT2D eigenvalue weighted by Crippen LogP contribution is -2.57. The van der Waals surface area contributed by atoms with Gasteiger partial charge in [0.1, 0.15) is 0 Å². The van der Waals surface area contributed by atoms with E-state index in [2.05, 4.69) is 70.5 Å². The van der Waals surface area contributed by atoms with Gasteiger partial charge in [-0.3, -0.25) is 9.80 Å². The minimum atomic E-state index is 0.451. The van der Waals surface area contributed by atoms with E-state index in [-0.39, 0.29) is 0 Å². The molecule has 1 aliphatic heterocycles. The van der Waals surface area contributed by atoms with Gasteiger partial charge in [-0.05, 0) is 36.8 Å². The van der Waals surface area contributed by atoms with Crippen LogP contribution in [0.15, 0.2) is 60.7 Å². The third-order valence-corrected chi connectivity index (χ3v) is 6.80. The molecule has 1 heterocycles. The van der Waals surface area contributed by atoms with E-state index in [0.717, 1.165) is 6.54 Å². The molecule has 1 saturated heterocycles. The van der Waals surface area contributed by atoms with Crippen LogP contribution in [0.25, 0.3) is 0 Å². The van der Waals surface area contributed by atoms with Gasteiger partial charge in [0.15, 0.2) is 0 Å². The Morgan fingerprint density at radius 2 is 1.26 bits per heavy atom. The normalized spacial score (nSPS) is 21.2. The lowest BCUT2D eigenvalue weighted by atomic mass is 9.76. The highest BCUT2D eigenvalue weighted by atomic mass is 15.3. The molecule has 0 aromatic heterocycles. The van der Waals surface area contributed by atoms with Gasteiger partial charge in [-0.25, -0.2) is 0 Å². The smallest absolute Gasteiger partial charge is 0.0234 e. The van der Waals surface area contributed by atoms with Crippen molar-refractivity contribution in [1.29, 1.82) is 0 Å². The summed E-state index contributed by atoms with van der Waals surface area (Å²) in [7, 11) is 0. The van der Waals surface area contributed by atoms with Crippen molar-refractivity contribution in [2.75, 3.05) is 26.2 Å². The number of benzene rings is 2. The van der Waals surface area contributed by atoms with Gasteiger partial charge >= 0.3 is 0 Å². The summed E-state index contributed by atoms with van der Waals surface area (Å²) in [6, 6.07) is 22.0. The summed E-state index contributed by atoms with van der Waals surface area (Å²) in [5, 5.41) is 0. The first-order chi connectivity index (χ1) is 13.3. The van der Waals surface area contributed by atoms with Crippen LogP contribution in [0.2, 0.25) is 0 Å². The van der Waals surface area contributed by atoms with Crippen molar-refractivity contribution in [2.45, 2.75) is 57.0 Å². The summed E-state index contributed by atoms with van der Waals surface area (Å²) in [5.74, 6) is 0. The maximum Gasteiger partial charge on any atom is 0.0234 e. The van der Waals surface area contributed by atoms with Gasteiger partial charge in [-0.15, -0.1) is 0 Å². The average molecular weight is 363 g/mol.